The Morgan fingerprint density at radius 1 is 1.19 bits per heavy atom. The number of carbonyl (C=O) groups is 1. The van der Waals surface area contributed by atoms with Gasteiger partial charge in [0.1, 0.15) is 0 Å². The number of aromatic nitrogens is 1. The van der Waals surface area contributed by atoms with Gasteiger partial charge in [-0.05, 0) is 49.3 Å². The highest BCUT2D eigenvalue weighted by Crippen LogP contribution is 2.32. The molecule has 1 aliphatic heterocycles. The monoisotopic (exact) mass is 351 g/mol. The maximum Gasteiger partial charge on any atom is 0.254 e. The lowest BCUT2D eigenvalue weighted by molar-refractivity contribution is 0.0706. The van der Waals surface area contributed by atoms with Gasteiger partial charge in [-0.2, -0.15) is 0 Å². The molecule has 2 aromatic rings. The minimum Gasteiger partial charge on any atom is -0.337 e. The maximum atomic E-state index is 13.4. The predicted molar refractivity (Wildman–Crippen MR) is 105 cm³/mol. The fourth-order valence-electron chi connectivity index (χ4n) is 4.20. The summed E-state index contributed by atoms with van der Waals surface area (Å²) < 4.78 is 0. The first-order valence-corrected chi connectivity index (χ1v) is 10.0. The molecule has 1 saturated carbocycles. The van der Waals surface area contributed by atoms with Crippen LogP contribution in [0.15, 0.2) is 36.5 Å². The van der Waals surface area contributed by atoms with Crippen LogP contribution in [0.5, 0.6) is 0 Å². The van der Waals surface area contributed by atoms with Gasteiger partial charge in [0.05, 0.1) is 5.52 Å². The molecule has 2 aliphatic rings. The van der Waals surface area contributed by atoms with Gasteiger partial charge in [0, 0.05) is 49.4 Å². The number of hydrogen-bond donors (Lipinski definition) is 0. The van der Waals surface area contributed by atoms with Crippen molar-refractivity contribution in [3.8, 4) is 0 Å². The molecule has 1 saturated heterocycles. The molecule has 26 heavy (non-hydrogen) atoms. The average Bonchev–Trinajstić information content (AvgIpc) is 3.48. The van der Waals surface area contributed by atoms with Crippen molar-refractivity contribution in [2.75, 3.05) is 26.2 Å². The Balaban J connectivity index is 1.58. The zero-order valence-electron chi connectivity index (χ0n) is 15.9. The summed E-state index contributed by atoms with van der Waals surface area (Å²) in [6, 6.07) is 10.2. The molecule has 1 amide bonds. The minimum atomic E-state index is 0.155. The highest BCUT2D eigenvalue weighted by molar-refractivity contribution is 6.06. The number of fused-ring (bicyclic) bond motifs is 1. The SMILES string of the molecule is CC(C)[C@H]1CN(C(=O)c2cccc3ncccc23)CCCN1CC1CC1. The summed E-state index contributed by atoms with van der Waals surface area (Å²) in [5.41, 5.74) is 1.68. The molecule has 1 aromatic carbocycles. The Morgan fingerprint density at radius 2 is 2.04 bits per heavy atom. The van der Waals surface area contributed by atoms with Gasteiger partial charge >= 0.3 is 0 Å². The van der Waals surface area contributed by atoms with Crippen LogP contribution in [0.1, 0.15) is 43.5 Å². The van der Waals surface area contributed by atoms with E-state index in [2.05, 4.69) is 28.6 Å². The van der Waals surface area contributed by atoms with Crippen molar-refractivity contribution >= 4 is 16.8 Å². The molecule has 2 fully saturated rings. The van der Waals surface area contributed by atoms with E-state index in [0.29, 0.717) is 12.0 Å². The largest absolute Gasteiger partial charge is 0.337 e. The summed E-state index contributed by atoms with van der Waals surface area (Å²) in [7, 11) is 0. The molecule has 0 spiro atoms. The summed E-state index contributed by atoms with van der Waals surface area (Å²) in [4.78, 5) is 22.5. The molecule has 0 radical (unpaired) electrons. The van der Waals surface area contributed by atoms with Gasteiger partial charge < -0.3 is 4.90 Å². The number of nitrogens with zero attached hydrogens (tertiary/aromatic N) is 3. The van der Waals surface area contributed by atoms with Crippen LogP contribution in [0.4, 0.5) is 0 Å². The molecule has 1 aliphatic carbocycles. The Bertz CT molecular complexity index is 779. The topological polar surface area (TPSA) is 36.4 Å². The van der Waals surface area contributed by atoms with Crippen LogP contribution in [0, 0.1) is 11.8 Å². The summed E-state index contributed by atoms with van der Waals surface area (Å²) in [5, 5.41) is 0.959. The lowest BCUT2D eigenvalue weighted by Gasteiger charge is -2.34. The molecule has 4 nitrogen and oxygen atoms in total. The Morgan fingerprint density at radius 3 is 2.81 bits per heavy atom. The van der Waals surface area contributed by atoms with Crippen molar-refractivity contribution < 1.29 is 4.79 Å². The molecule has 2 heterocycles. The third-order valence-corrected chi connectivity index (χ3v) is 5.87. The van der Waals surface area contributed by atoms with Gasteiger partial charge in [-0.15, -0.1) is 0 Å². The number of rotatable bonds is 4. The molecular formula is C22H29N3O. The summed E-state index contributed by atoms with van der Waals surface area (Å²) >= 11 is 0. The van der Waals surface area contributed by atoms with E-state index in [0.717, 1.165) is 48.4 Å². The van der Waals surface area contributed by atoms with Crippen LogP contribution in [-0.4, -0.2) is 52.9 Å². The van der Waals surface area contributed by atoms with Crippen LogP contribution >= 0.6 is 0 Å². The molecule has 4 heteroatoms. The van der Waals surface area contributed by atoms with Crippen molar-refractivity contribution in [3.63, 3.8) is 0 Å². The maximum absolute atomic E-state index is 13.4. The van der Waals surface area contributed by atoms with Crippen LogP contribution in [-0.2, 0) is 0 Å². The van der Waals surface area contributed by atoms with Gasteiger partial charge in [0.15, 0.2) is 0 Å². The minimum absolute atomic E-state index is 0.155. The van der Waals surface area contributed by atoms with E-state index in [9.17, 15) is 4.79 Å². The van der Waals surface area contributed by atoms with Crippen molar-refractivity contribution in [3.05, 3.63) is 42.1 Å². The van der Waals surface area contributed by atoms with E-state index in [1.54, 1.807) is 6.20 Å². The quantitative estimate of drug-likeness (QED) is 0.840. The number of hydrogen-bond acceptors (Lipinski definition) is 3. The number of carbonyl (C=O) groups excluding carboxylic acids is 1. The second kappa shape index (κ2) is 7.36. The molecular weight excluding hydrogens is 322 g/mol. The van der Waals surface area contributed by atoms with E-state index in [-0.39, 0.29) is 5.91 Å². The first-order chi connectivity index (χ1) is 12.6. The number of benzene rings is 1. The Kier molecular flexibility index (Phi) is 4.94. The first-order valence-electron chi connectivity index (χ1n) is 10.0. The molecule has 1 aromatic heterocycles. The molecule has 0 bridgehead atoms. The third-order valence-electron chi connectivity index (χ3n) is 5.87. The zero-order chi connectivity index (χ0) is 18.1. The van der Waals surface area contributed by atoms with Crippen molar-refractivity contribution in [1.29, 1.82) is 0 Å². The van der Waals surface area contributed by atoms with Gasteiger partial charge in [0.2, 0.25) is 0 Å². The average molecular weight is 351 g/mol. The Hall–Kier alpha value is -1.94. The second-order valence-corrected chi connectivity index (χ2v) is 8.23. The van der Waals surface area contributed by atoms with E-state index >= 15 is 0 Å². The molecule has 4 rings (SSSR count). The first kappa shape index (κ1) is 17.5. The molecule has 138 valence electrons. The highest BCUT2D eigenvalue weighted by Gasteiger charge is 2.33. The third kappa shape index (κ3) is 3.61. The standard InChI is InChI=1S/C22H29N3O/c1-16(2)21-15-25(13-5-12-24(21)14-17-9-10-17)22(26)19-6-3-8-20-18(19)7-4-11-23-20/h3-4,6-8,11,16-17,21H,5,9-10,12-15H2,1-2H3/t21-/m1/s1. The van der Waals surface area contributed by atoms with Crippen LogP contribution in [0.3, 0.4) is 0 Å². The molecule has 0 N–H and O–H groups in total. The lowest BCUT2D eigenvalue weighted by atomic mass is 10.0. The van der Waals surface area contributed by atoms with Gasteiger partial charge in [-0.1, -0.05) is 26.0 Å². The van der Waals surface area contributed by atoms with Crippen molar-refractivity contribution in [2.45, 2.75) is 39.2 Å². The fraction of sp³-hybridized carbons (Fsp3) is 0.545. The van der Waals surface area contributed by atoms with E-state index < -0.39 is 0 Å². The van der Waals surface area contributed by atoms with Crippen LogP contribution < -0.4 is 0 Å². The van der Waals surface area contributed by atoms with E-state index in [1.165, 1.54) is 19.4 Å². The predicted octanol–water partition coefficient (Wildman–Crippen LogP) is 3.82. The van der Waals surface area contributed by atoms with Gasteiger partial charge in [-0.3, -0.25) is 14.7 Å². The Labute approximate surface area is 156 Å². The number of amides is 1. The van der Waals surface area contributed by atoms with E-state index in [4.69, 9.17) is 0 Å². The fourth-order valence-corrected chi connectivity index (χ4v) is 4.20. The molecule has 0 unspecified atom stereocenters. The second-order valence-electron chi connectivity index (χ2n) is 8.23. The van der Waals surface area contributed by atoms with Crippen molar-refractivity contribution in [1.82, 2.24) is 14.8 Å². The molecule has 1 atom stereocenters. The highest BCUT2D eigenvalue weighted by atomic mass is 16.2. The summed E-state index contributed by atoms with van der Waals surface area (Å²) in [5.74, 6) is 1.60. The van der Waals surface area contributed by atoms with Crippen molar-refractivity contribution in [2.24, 2.45) is 11.8 Å². The van der Waals surface area contributed by atoms with Gasteiger partial charge in [0.25, 0.3) is 5.91 Å². The van der Waals surface area contributed by atoms with Crippen LogP contribution in [0.2, 0.25) is 0 Å². The van der Waals surface area contributed by atoms with E-state index in [1.807, 2.05) is 30.3 Å². The summed E-state index contributed by atoms with van der Waals surface area (Å²) in [6.45, 7) is 8.59. The lowest BCUT2D eigenvalue weighted by Crippen LogP contribution is -2.46. The summed E-state index contributed by atoms with van der Waals surface area (Å²) in [6.07, 6.45) is 5.61. The zero-order valence-corrected chi connectivity index (χ0v) is 15.9. The van der Waals surface area contributed by atoms with Crippen LogP contribution in [0.25, 0.3) is 10.9 Å². The smallest absolute Gasteiger partial charge is 0.254 e. The van der Waals surface area contributed by atoms with Gasteiger partial charge in [-0.25, -0.2) is 0 Å². The normalized spacial score (nSPS) is 22.0. The number of pyridine rings is 1.